The summed E-state index contributed by atoms with van der Waals surface area (Å²) in [5, 5.41) is 0. The van der Waals surface area contributed by atoms with Gasteiger partial charge in [-0.25, -0.2) is 0 Å². The molecule has 13 heavy (non-hydrogen) atoms. The molecule has 0 amide bonds. The average molecular weight is 188 g/mol. The van der Waals surface area contributed by atoms with Gasteiger partial charge in [-0.15, -0.1) is 0 Å². The molecule has 0 N–H and O–H groups in total. The summed E-state index contributed by atoms with van der Waals surface area (Å²) in [5.74, 6) is -1.33. The fourth-order valence-corrected chi connectivity index (χ4v) is 1.34. The van der Waals surface area contributed by atoms with E-state index in [4.69, 9.17) is 0 Å². The predicted octanol–water partition coefficient (Wildman–Crippen LogP) is 3.74. The van der Waals surface area contributed by atoms with Crippen LogP contribution in [0.2, 0.25) is 0 Å². The molecule has 0 spiro atoms. The molecule has 0 aliphatic heterocycles. The minimum atomic E-state index is -4.13. The molecule has 0 aromatic heterocycles. The van der Waals surface area contributed by atoms with Gasteiger partial charge in [0.15, 0.2) is 0 Å². The summed E-state index contributed by atoms with van der Waals surface area (Å²) < 4.78 is 37.2. The molecule has 0 saturated carbocycles. The SMILES string of the molecule is CC[C@@H](c1ccccc1)C(F)(F)F. The molecular formula is C10H11F3. The van der Waals surface area contributed by atoms with Gasteiger partial charge in [0, 0.05) is 0 Å². The van der Waals surface area contributed by atoms with Crippen molar-refractivity contribution in [2.45, 2.75) is 25.4 Å². The lowest BCUT2D eigenvalue weighted by atomic mass is 9.96. The van der Waals surface area contributed by atoms with E-state index >= 15 is 0 Å². The molecule has 0 aliphatic carbocycles. The summed E-state index contributed by atoms with van der Waals surface area (Å²) in [4.78, 5) is 0. The highest BCUT2D eigenvalue weighted by atomic mass is 19.4. The lowest BCUT2D eigenvalue weighted by molar-refractivity contribution is -0.151. The second-order valence-electron chi connectivity index (χ2n) is 2.91. The zero-order chi connectivity index (χ0) is 9.90. The van der Waals surface area contributed by atoms with Crippen molar-refractivity contribution in [3.05, 3.63) is 35.9 Å². The molecule has 0 bridgehead atoms. The van der Waals surface area contributed by atoms with Crippen molar-refractivity contribution in [3.8, 4) is 0 Å². The van der Waals surface area contributed by atoms with Crippen LogP contribution in [0.25, 0.3) is 0 Å². The lowest BCUT2D eigenvalue weighted by Gasteiger charge is -2.18. The van der Waals surface area contributed by atoms with Gasteiger partial charge in [-0.2, -0.15) is 13.2 Å². The number of hydrogen-bond donors (Lipinski definition) is 0. The average Bonchev–Trinajstić information content (AvgIpc) is 2.05. The van der Waals surface area contributed by atoms with Crippen LogP contribution in [0, 0.1) is 0 Å². The quantitative estimate of drug-likeness (QED) is 0.663. The van der Waals surface area contributed by atoms with E-state index < -0.39 is 12.1 Å². The van der Waals surface area contributed by atoms with Crippen LogP contribution in [0.4, 0.5) is 13.2 Å². The van der Waals surface area contributed by atoms with E-state index in [2.05, 4.69) is 0 Å². The van der Waals surface area contributed by atoms with Crippen LogP contribution in [0.3, 0.4) is 0 Å². The molecule has 1 rings (SSSR count). The first-order valence-electron chi connectivity index (χ1n) is 4.17. The number of benzene rings is 1. The van der Waals surface area contributed by atoms with E-state index in [0.717, 1.165) is 0 Å². The van der Waals surface area contributed by atoms with Gasteiger partial charge in [-0.05, 0) is 12.0 Å². The van der Waals surface area contributed by atoms with Gasteiger partial charge in [-0.1, -0.05) is 37.3 Å². The third-order valence-corrected chi connectivity index (χ3v) is 2.01. The first-order valence-corrected chi connectivity index (χ1v) is 4.17. The van der Waals surface area contributed by atoms with Gasteiger partial charge < -0.3 is 0 Å². The highest BCUT2D eigenvalue weighted by Crippen LogP contribution is 2.36. The van der Waals surface area contributed by atoms with Crippen LogP contribution in [-0.2, 0) is 0 Å². The Morgan fingerprint density at radius 1 is 1.15 bits per heavy atom. The summed E-state index contributed by atoms with van der Waals surface area (Å²) in [5.41, 5.74) is 0.345. The van der Waals surface area contributed by atoms with Crippen LogP contribution in [0.1, 0.15) is 24.8 Å². The van der Waals surface area contributed by atoms with Crippen LogP contribution in [0.15, 0.2) is 30.3 Å². The van der Waals surface area contributed by atoms with Crippen LogP contribution >= 0.6 is 0 Å². The maximum Gasteiger partial charge on any atom is 0.395 e. The minimum Gasteiger partial charge on any atom is -0.170 e. The topological polar surface area (TPSA) is 0 Å². The highest BCUT2D eigenvalue weighted by Gasteiger charge is 2.38. The first kappa shape index (κ1) is 10.1. The summed E-state index contributed by atoms with van der Waals surface area (Å²) in [6.45, 7) is 1.55. The Morgan fingerprint density at radius 3 is 2.08 bits per heavy atom. The van der Waals surface area contributed by atoms with E-state index in [-0.39, 0.29) is 6.42 Å². The zero-order valence-corrected chi connectivity index (χ0v) is 7.31. The third kappa shape index (κ3) is 2.47. The van der Waals surface area contributed by atoms with E-state index in [1.165, 1.54) is 12.1 Å². The second kappa shape index (κ2) is 3.81. The molecule has 72 valence electrons. The van der Waals surface area contributed by atoms with Crippen molar-refractivity contribution in [1.82, 2.24) is 0 Å². The summed E-state index contributed by atoms with van der Waals surface area (Å²) >= 11 is 0. The molecule has 0 aliphatic rings. The molecule has 3 heteroatoms. The Kier molecular flexibility index (Phi) is 2.96. The molecule has 0 fully saturated rings. The van der Waals surface area contributed by atoms with Crippen molar-refractivity contribution in [2.24, 2.45) is 0 Å². The van der Waals surface area contributed by atoms with Gasteiger partial charge in [-0.3, -0.25) is 0 Å². The Labute approximate surface area is 75.4 Å². The van der Waals surface area contributed by atoms with E-state index in [1.54, 1.807) is 25.1 Å². The molecule has 0 radical (unpaired) electrons. The maximum absolute atomic E-state index is 12.4. The largest absolute Gasteiger partial charge is 0.395 e. The molecule has 0 nitrogen and oxygen atoms in total. The van der Waals surface area contributed by atoms with Gasteiger partial charge >= 0.3 is 6.18 Å². The van der Waals surface area contributed by atoms with Crippen molar-refractivity contribution in [1.29, 1.82) is 0 Å². The van der Waals surface area contributed by atoms with Crippen LogP contribution in [-0.4, -0.2) is 6.18 Å². The molecule has 0 saturated heterocycles. The first-order chi connectivity index (χ1) is 6.05. The molecule has 1 aromatic rings. The van der Waals surface area contributed by atoms with Crippen molar-refractivity contribution >= 4 is 0 Å². The zero-order valence-electron chi connectivity index (χ0n) is 7.31. The third-order valence-electron chi connectivity index (χ3n) is 2.01. The molecule has 1 atom stereocenters. The fourth-order valence-electron chi connectivity index (χ4n) is 1.34. The number of halogens is 3. The monoisotopic (exact) mass is 188 g/mol. The number of alkyl halides is 3. The van der Waals surface area contributed by atoms with Gasteiger partial charge in [0.1, 0.15) is 0 Å². The Hall–Kier alpha value is -0.990. The van der Waals surface area contributed by atoms with Gasteiger partial charge in [0.2, 0.25) is 0 Å². The van der Waals surface area contributed by atoms with E-state index in [0.29, 0.717) is 5.56 Å². The van der Waals surface area contributed by atoms with Crippen molar-refractivity contribution in [3.63, 3.8) is 0 Å². The Morgan fingerprint density at radius 2 is 1.69 bits per heavy atom. The maximum atomic E-state index is 12.4. The van der Waals surface area contributed by atoms with Crippen molar-refractivity contribution in [2.75, 3.05) is 0 Å². The van der Waals surface area contributed by atoms with E-state index in [1.807, 2.05) is 0 Å². The summed E-state index contributed by atoms with van der Waals surface area (Å²) in [6, 6.07) is 8.00. The van der Waals surface area contributed by atoms with Gasteiger partial charge in [0.05, 0.1) is 5.92 Å². The van der Waals surface area contributed by atoms with Crippen LogP contribution in [0.5, 0.6) is 0 Å². The Balaban J connectivity index is 2.92. The normalized spacial score (nSPS) is 14.2. The number of hydrogen-bond acceptors (Lipinski definition) is 0. The van der Waals surface area contributed by atoms with E-state index in [9.17, 15) is 13.2 Å². The van der Waals surface area contributed by atoms with Crippen molar-refractivity contribution < 1.29 is 13.2 Å². The van der Waals surface area contributed by atoms with Gasteiger partial charge in [0.25, 0.3) is 0 Å². The molecule has 0 unspecified atom stereocenters. The summed E-state index contributed by atoms with van der Waals surface area (Å²) in [7, 11) is 0. The molecular weight excluding hydrogens is 177 g/mol. The standard InChI is InChI=1S/C10H11F3/c1-2-9(10(11,12)13)8-6-4-3-5-7-8/h3-7,9H,2H2,1H3/t9-/m0/s1. The summed E-state index contributed by atoms with van der Waals surface area (Å²) in [6.07, 6.45) is -4.04. The lowest BCUT2D eigenvalue weighted by Crippen LogP contribution is -2.19. The highest BCUT2D eigenvalue weighted by molar-refractivity contribution is 5.20. The predicted molar refractivity (Wildman–Crippen MR) is 45.5 cm³/mol. The second-order valence-corrected chi connectivity index (χ2v) is 2.91. The molecule has 1 aromatic carbocycles. The smallest absolute Gasteiger partial charge is 0.170 e. The number of rotatable bonds is 2. The fraction of sp³-hybridized carbons (Fsp3) is 0.400. The van der Waals surface area contributed by atoms with Crippen LogP contribution < -0.4 is 0 Å². The Bertz CT molecular complexity index is 251. The molecule has 0 heterocycles. The minimum absolute atomic E-state index is 0.0908.